The van der Waals surface area contributed by atoms with Gasteiger partial charge in [-0.15, -0.1) is 20.4 Å². The molecule has 0 N–H and O–H groups in total. The first-order valence-electron chi connectivity index (χ1n) is 20.2. The van der Waals surface area contributed by atoms with Crippen molar-refractivity contribution in [3.63, 3.8) is 0 Å². The maximum Gasteiger partial charge on any atom is 0.171 e. The molecule has 0 aliphatic carbocycles. The minimum atomic E-state index is -0.215. The zero-order chi connectivity index (χ0) is 40.0. The highest BCUT2D eigenvalue weighted by Gasteiger charge is 2.32. The number of aromatic nitrogens is 8. The molecule has 1 unspecified atom stereocenters. The van der Waals surface area contributed by atoms with Crippen LogP contribution in [0.4, 0.5) is 8.78 Å². The van der Waals surface area contributed by atoms with E-state index >= 15 is 0 Å². The van der Waals surface area contributed by atoms with Crippen molar-refractivity contribution in [1.82, 2.24) is 39.2 Å². The Bertz CT molecular complexity index is 2530. The molecule has 0 saturated carbocycles. The Balaban J connectivity index is 0.000000150. The molecule has 4 aliphatic rings. The van der Waals surface area contributed by atoms with Crippen LogP contribution in [0.1, 0.15) is 97.9 Å². The maximum absolute atomic E-state index is 14.5. The molecule has 1 atom stereocenters. The van der Waals surface area contributed by atoms with Crippen LogP contribution in [-0.2, 0) is 48.0 Å². The van der Waals surface area contributed by atoms with E-state index in [2.05, 4.69) is 59.1 Å². The maximum atomic E-state index is 14.5. The number of rotatable bonds is 8. The van der Waals surface area contributed by atoms with Gasteiger partial charge < -0.3 is 18.9 Å². The van der Waals surface area contributed by atoms with Crippen molar-refractivity contribution < 1.29 is 27.7 Å². The third-order valence-corrected chi connectivity index (χ3v) is 11.8. The fourth-order valence-electron chi connectivity index (χ4n) is 8.93. The SMILES string of the molecule is CC1(C)CC(c2cnc(CCc3c(F)ccc4c3CCO4)n3cnnc23)=CCO1.CC1(C)CC(c2cnc(CCc3c(F)ccc4c3CCO4)n3cnnc23)CCO1. The van der Waals surface area contributed by atoms with Crippen molar-refractivity contribution in [1.29, 1.82) is 0 Å². The van der Waals surface area contributed by atoms with E-state index in [1.54, 1.807) is 24.8 Å². The summed E-state index contributed by atoms with van der Waals surface area (Å²) in [4.78, 5) is 9.42. The Kier molecular flexibility index (Phi) is 10.2. The van der Waals surface area contributed by atoms with E-state index in [0.29, 0.717) is 51.4 Å². The first-order valence-corrected chi connectivity index (χ1v) is 20.2. The van der Waals surface area contributed by atoms with Crippen molar-refractivity contribution in [3.8, 4) is 11.5 Å². The van der Waals surface area contributed by atoms with Gasteiger partial charge in [0.25, 0.3) is 0 Å². The van der Waals surface area contributed by atoms with Gasteiger partial charge in [0.05, 0.1) is 31.0 Å². The van der Waals surface area contributed by atoms with Gasteiger partial charge in [0, 0.05) is 73.4 Å². The van der Waals surface area contributed by atoms with Crippen LogP contribution in [0.3, 0.4) is 0 Å². The van der Waals surface area contributed by atoms with E-state index in [0.717, 1.165) is 107 Å². The predicted molar refractivity (Wildman–Crippen MR) is 212 cm³/mol. The van der Waals surface area contributed by atoms with E-state index in [-0.39, 0.29) is 22.8 Å². The van der Waals surface area contributed by atoms with Crippen LogP contribution >= 0.6 is 0 Å². The lowest BCUT2D eigenvalue weighted by molar-refractivity contribution is -0.0592. The molecule has 58 heavy (non-hydrogen) atoms. The van der Waals surface area contributed by atoms with Gasteiger partial charge in [-0.3, -0.25) is 8.80 Å². The second kappa shape index (κ2) is 15.4. The Labute approximate surface area is 335 Å². The second-order valence-electron chi connectivity index (χ2n) is 16.7. The number of halogens is 2. The molecule has 6 aromatic rings. The standard InChI is InChI=1S/C22H25FN4O2.C22H23FN4O2/c2*1-22(2)11-14(7-10-29-22)17-12-24-20(27-13-25-26-21(17)27)6-3-15-16-8-9-28-19(16)5-4-18(15)23/h4-5,12-14H,3,6-11H2,1-2H3;4-5,7,12-13H,3,6,8-11H2,1-2H3. The lowest BCUT2D eigenvalue weighted by Crippen LogP contribution is -2.33. The van der Waals surface area contributed by atoms with Crippen molar-refractivity contribution >= 4 is 16.9 Å². The summed E-state index contributed by atoms with van der Waals surface area (Å²) in [6.07, 6.45) is 15.8. The average molecular weight is 791 g/mol. The minimum Gasteiger partial charge on any atom is -0.493 e. The fraction of sp³-hybridized carbons (Fsp3) is 0.455. The van der Waals surface area contributed by atoms with Gasteiger partial charge in [0.15, 0.2) is 11.3 Å². The molecule has 4 aliphatic heterocycles. The molecular formula is C44H48F2N8O4. The number of nitrogens with zero attached hydrogens (tertiary/aromatic N) is 8. The van der Waals surface area contributed by atoms with Crippen molar-refractivity contribution in [2.45, 2.75) is 103 Å². The molecule has 0 spiro atoms. The van der Waals surface area contributed by atoms with Crippen LogP contribution in [-0.4, -0.2) is 76.8 Å². The highest BCUT2D eigenvalue weighted by atomic mass is 19.1. The third kappa shape index (κ3) is 7.55. The highest BCUT2D eigenvalue weighted by Crippen LogP contribution is 2.38. The number of ether oxygens (including phenoxy) is 4. The third-order valence-electron chi connectivity index (χ3n) is 11.8. The summed E-state index contributed by atoms with van der Waals surface area (Å²) in [5, 5.41) is 16.9. The number of fused-ring (bicyclic) bond motifs is 4. The van der Waals surface area contributed by atoms with Gasteiger partial charge >= 0.3 is 0 Å². The molecule has 0 amide bonds. The van der Waals surface area contributed by atoms with Crippen molar-refractivity contribution in [2.24, 2.45) is 0 Å². The molecule has 0 bridgehead atoms. The molecule has 14 heteroatoms. The molecule has 10 rings (SSSR count). The van der Waals surface area contributed by atoms with Crippen LogP contribution in [0.5, 0.6) is 11.5 Å². The number of benzene rings is 2. The van der Waals surface area contributed by atoms with E-state index in [4.69, 9.17) is 23.9 Å². The monoisotopic (exact) mass is 790 g/mol. The summed E-state index contributed by atoms with van der Waals surface area (Å²) in [6.45, 7) is 11.0. The molecule has 0 radical (unpaired) electrons. The summed E-state index contributed by atoms with van der Waals surface area (Å²) in [7, 11) is 0. The van der Waals surface area contributed by atoms with Gasteiger partial charge in [-0.1, -0.05) is 6.08 Å². The van der Waals surface area contributed by atoms with E-state index < -0.39 is 0 Å². The largest absolute Gasteiger partial charge is 0.493 e. The zero-order valence-electron chi connectivity index (χ0n) is 33.4. The first kappa shape index (κ1) is 38.2. The fourth-order valence-corrected chi connectivity index (χ4v) is 8.93. The molecule has 12 nitrogen and oxygen atoms in total. The second-order valence-corrected chi connectivity index (χ2v) is 16.7. The van der Waals surface area contributed by atoms with Gasteiger partial charge in [-0.2, -0.15) is 0 Å². The van der Waals surface area contributed by atoms with Crippen LogP contribution in [0, 0.1) is 11.6 Å². The predicted octanol–water partition coefficient (Wildman–Crippen LogP) is 7.22. The molecule has 1 fully saturated rings. The smallest absolute Gasteiger partial charge is 0.171 e. The Morgan fingerprint density at radius 1 is 0.707 bits per heavy atom. The molecule has 1 saturated heterocycles. The van der Waals surface area contributed by atoms with Crippen LogP contribution in [0.25, 0.3) is 16.9 Å². The summed E-state index contributed by atoms with van der Waals surface area (Å²) in [6, 6.07) is 6.43. The van der Waals surface area contributed by atoms with Crippen LogP contribution < -0.4 is 9.47 Å². The van der Waals surface area contributed by atoms with Gasteiger partial charge in [0.2, 0.25) is 0 Å². The number of hydrogen-bond donors (Lipinski definition) is 0. The molecule has 4 aromatic heterocycles. The van der Waals surface area contributed by atoms with E-state index in [1.165, 1.54) is 17.7 Å². The number of hydrogen-bond acceptors (Lipinski definition) is 10. The number of aryl methyl sites for hydroxylation is 2. The van der Waals surface area contributed by atoms with Gasteiger partial charge in [-0.25, -0.2) is 18.7 Å². The lowest BCUT2D eigenvalue weighted by atomic mass is 9.84. The van der Waals surface area contributed by atoms with Gasteiger partial charge in [-0.05, 0) is 100 Å². The topological polar surface area (TPSA) is 123 Å². The summed E-state index contributed by atoms with van der Waals surface area (Å²) in [5.41, 5.74) is 7.95. The first-order chi connectivity index (χ1) is 28.0. The Morgan fingerprint density at radius 3 is 1.93 bits per heavy atom. The zero-order valence-corrected chi connectivity index (χ0v) is 33.4. The Hall–Kier alpha value is -5.34. The molecular weight excluding hydrogens is 743 g/mol. The van der Waals surface area contributed by atoms with E-state index in [1.807, 2.05) is 21.2 Å². The summed E-state index contributed by atoms with van der Waals surface area (Å²) in [5.74, 6) is 3.26. The average Bonchev–Trinajstić information content (AvgIpc) is 4.04. The molecule has 302 valence electrons. The minimum absolute atomic E-state index is 0.147. The van der Waals surface area contributed by atoms with E-state index in [9.17, 15) is 8.78 Å². The van der Waals surface area contributed by atoms with Crippen LogP contribution in [0.15, 0.2) is 55.4 Å². The normalized spacial score (nSPS) is 19.2. The quantitative estimate of drug-likeness (QED) is 0.156. The van der Waals surface area contributed by atoms with Crippen molar-refractivity contribution in [2.75, 3.05) is 26.4 Å². The Morgan fingerprint density at radius 2 is 1.31 bits per heavy atom. The van der Waals surface area contributed by atoms with Gasteiger partial charge in [0.1, 0.15) is 47.4 Å². The molecule has 2 aromatic carbocycles. The van der Waals surface area contributed by atoms with Crippen LogP contribution in [0.2, 0.25) is 0 Å². The van der Waals surface area contributed by atoms with Crippen molar-refractivity contribution in [3.05, 3.63) is 112 Å². The summed E-state index contributed by atoms with van der Waals surface area (Å²) >= 11 is 0. The highest BCUT2D eigenvalue weighted by molar-refractivity contribution is 5.76. The lowest BCUT2D eigenvalue weighted by Gasteiger charge is -2.35. The summed E-state index contributed by atoms with van der Waals surface area (Å²) < 4.78 is 55.6. The molecule has 8 heterocycles.